The zero-order valence-electron chi connectivity index (χ0n) is 7.39. The molecule has 0 heterocycles. The fourth-order valence-corrected chi connectivity index (χ4v) is 2.01. The van der Waals surface area contributed by atoms with Crippen LogP contribution >= 0.6 is 0 Å². The van der Waals surface area contributed by atoms with Crippen molar-refractivity contribution in [3.8, 4) is 0 Å². The molecule has 0 amide bonds. The predicted octanol–water partition coefficient (Wildman–Crippen LogP) is 3.08. The van der Waals surface area contributed by atoms with Crippen LogP contribution in [-0.4, -0.2) is 0 Å². The van der Waals surface area contributed by atoms with Gasteiger partial charge in [-0.2, -0.15) is 0 Å². The van der Waals surface area contributed by atoms with Crippen LogP contribution < -0.4 is 0 Å². The molecule has 1 aromatic carbocycles. The minimum atomic E-state index is 0.413. The monoisotopic (exact) mass is 146 g/mol. The minimum absolute atomic E-state index is 0.413. The molecule has 0 unspecified atom stereocenters. The Hall–Kier alpha value is -0.780. The molecule has 0 spiro atoms. The predicted molar refractivity (Wildman–Crippen MR) is 47.9 cm³/mol. The van der Waals surface area contributed by atoms with Crippen molar-refractivity contribution >= 4 is 0 Å². The third-order valence-corrected chi connectivity index (χ3v) is 3.20. The Labute approximate surface area is 68.3 Å². The Morgan fingerprint density at radius 2 is 1.82 bits per heavy atom. The normalized spacial score (nSPS) is 25.5. The van der Waals surface area contributed by atoms with E-state index in [0.29, 0.717) is 5.41 Å². The highest BCUT2D eigenvalue weighted by molar-refractivity contribution is 5.47. The first-order valence-electron chi connectivity index (χ1n) is 4.23. The molecule has 58 valence electrons. The molecule has 0 nitrogen and oxygen atoms in total. The van der Waals surface area contributed by atoms with Gasteiger partial charge in [-0.15, -0.1) is 0 Å². The van der Waals surface area contributed by atoms with Gasteiger partial charge in [-0.1, -0.05) is 45.0 Å². The maximum absolute atomic E-state index is 2.32. The number of hydrogen-bond donors (Lipinski definition) is 0. The SMILES string of the molecule is C[C@@H]1c2ccccc2C1(C)C. The molecule has 0 radical (unpaired) electrons. The molecule has 1 aliphatic carbocycles. The van der Waals surface area contributed by atoms with Gasteiger partial charge in [0.25, 0.3) is 0 Å². The topological polar surface area (TPSA) is 0 Å². The van der Waals surface area contributed by atoms with Crippen LogP contribution in [0.25, 0.3) is 0 Å². The van der Waals surface area contributed by atoms with Crippen LogP contribution in [0.1, 0.15) is 37.8 Å². The van der Waals surface area contributed by atoms with E-state index < -0.39 is 0 Å². The van der Waals surface area contributed by atoms with Gasteiger partial charge in [0.05, 0.1) is 0 Å². The molecule has 1 aliphatic rings. The molecule has 1 atom stereocenters. The number of fused-ring (bicyclic) bond motifs is 1. The lowest BCUT2D eigenvalue weighted by molar-refractivity contribution is 0.370. The van der Waals surface area contributed by atoms with Crippen molar-refractivity contribution in [2.45, 2.75) is 32.1 Å². The van der Waals surface area contributed by atoms with Crippen molar-refractivity contribution < 1.29 is 0 Å². The number of hydrogen-bond acceptors (Lipinski definition) is 0. The largest absolute Gasteiger partial charge is 0.0620 e. The number of rotatable bonds is 0. The van der Waals surface area contributed by atoms with E-state index in [1.807, 2.05) is 0 Å². The smallest absolute Gasteiger partial charge is 0.00346 e. The van der Waals surface area contributed by atoms with Gasteiger partial charge in [0.15, 0.2) is 0 Å². The number of benzene rings is 1. The van der Waals surface area contributed by atoms with Crippen molar-refractivity contribution in [3.63, 3.8) is 0 Å². The summed E-state index contributed by atoms with van der Waals surface area (Å²) in [4.78, 5) is 0. The summed E-state index contributed by atoms with van der Waals surface area (Å²) in [6, 6.07) is 8.75. The molecule has 0 aromatic heterocycles. The van der Waals surface area contributed by atoms with Crippen molar-refractivity contribution in [3.05, 3.63) is 35.4 Å². The van der Waals surface area contributed by atoms with Gasteiger partial charge >= 0.3 is 0 Å². The van der Waals surface area contributed by atoms with Crippen LogP contribution in [0, 0.1) is 0 Å². The van der Waals surface area contributed by atoms with E-state index in [2.05, 4.69) is 45.0 Å². The molecule has 0 aliphatic heterocycles. The van der Waals surface area contributed by atoms with Gasteiger partial charge in [0.2, 0.25) is 0 Å². The van der Waals surface area contributed by atoms with E-state index in [1.165, 1.54) is 11.1 Å². The Morgan fingerprint density at radius 3 is 2.45 bits per heavy atom. The van der Waals surface area contributed by atoms with Crippen molar-refractivity contribution in [1.82, 2.24) is 0 Å². The summed E-state index contributed by atoms with van der Waals surface area (Å²) >= 11 is 0. The van der Waals surface area contributed by atoms with E-state index in [1.54, 1.807) is 0 Å². The van der Waals surface area contributed by atoms with Crippen LogP contribution in [0.15, 0.2) is 24.3 Å². The van der Waals surface area contributed by atoms with Crippen molar-refractivity contribution in [2.75, 3.05) is 0 Å². The van der Waals surface area contributed by atoms with Crippen LogP contribution in [0.3, 0.4) is 0 Å². The van der Waals surface area contributed by atoms with Gasteiger partial charge in [-0.25, -0.2) is 0 Å². The molecule has 0 heteroatoms. The highest BCUT2D eigenvalue weighted by Crippen LogP contribution is 2.50. The summed E-state index contributed by atoms with van der Waals surface area (Å²) in [5.41, 5.74) is 3.49. The zero-order valence-corrected chi connectivity index (χ0v) is 7.39. The lowest BCUT2D eigenvalue weighted by atomic mass is 9.59. The molecule has 0 N–H and O–H groups in total. The van der Waals surface area contributed by atoms with Crippen LogP contribution in [0.2, 0.25) is 0 Å². The third kappa shape index (κ3) is 0.699. The molecule has 2 rings (SSSR count). The van der Waals surface area contributed by atoms with E-state index >= 15 is 0 Å². The van der Waals surface area contributed by atoms with Gasteiger partial charge in [-0.3, -0.25) is 0 Å². The van der Waals surface area contributed by atoms with Crippen LogP contribution in [0.4, 0.5) is 0 Å². The molecule has 0 saturated heterocycles. The summed E-state index contributed by atoms with van der Waals surface area (Å²) in [7, 11) is 0. The summed E-state index contributed by atoms with van der Waals surface area (Å²) in [5, 5.41) is 0. The quantitative estimate of drug-likeness (QED) is 0.527. The molecule has 11 heavy (non-hydrogen) atoms. The first kappa shape index (κ1) is 6.90. The van der Waals surface area contributed by atoms with Crippen molar-refractivity contribution in [1.29, 1.82) is 0 Å². The summed E-state index contributed by atoms with van der Waals surface area (Å²) in [5.74, 6) is 0.735. The standard InChI is InChI=1S/C11H14/c1-8-9-6-4-5-7-10(9)11(8,2)3/h4-8H,1-3H3/t8-/m1/s1. The lowest BCUT2D eigenvalue weighted by Gasteiger charge is -2.45. The fourth-order valence-electron chi connectivity index (χ4n) is 2.01. The van der Waals surface area contributed by atoms with Gasteiger partial charge in [-0.05, 0) is 22.5 Å². The van der Waals surface area contributed by atoms with E-state index in [4.69, 9.17) is 0 Å². The molecular formula is C11H14. The van der Waals surface area contributed by atoms with E-state index in [9.17, 15) is 0 Å². The lowest BCUT2D eigenvalue weighted by Crippen LogP contribution is -2.36. The highest BCUT2D eigenvalue weighted by Gasteiger charge is 2.40. The highest BCUT2D eigenvalue weighted by atomic mass is 14.4. The minimum Gasteiger partial charge on any atom is -0.0620 e. The third-order valence-electron chi connectivity index (χ3n) is 3.20. The van der Waals surface area contributed by atoms with Gasteiger partial charge < -0.3 is 0 Å². The van der Waals surface area contributed by atoms with E-state index in [0.717, 1.165) is 5.92 Å². The van der Waals surface area contributed by atoms with Crippen LogP contribution in [-0.2, 0) is 5.41 Å². The van der Waals surface area contributed by atoms with Gasteiger partial charge in [0, 0.05) is 0 Å². The Bertz CT molecular complexity index is 284. The first-order chi connectivity index (χ1) is 5.14. The van der Waals surface area contributed by atoms with Crippen molar-refractivity contribution in [2.24, 2.45) is 0 Å². The fraction of sp³-hybridized carbons (Fsp3) is 0.455. The first-order valence-corrected chi connectivity index (χ1v) is 4.23. The average Bonchev–Trinajstić information content (AvgIpc) is 2.04. The summed E-state index contributed by atoms with van der Waals surface area (Å²) < 4.78 is 0. The molecule has 1 aromatic rings. The van der Waals surface area contributed by atoms with E-state index in [-0.39, 0.29) is 0 Å². The second-order valence-electron chi connectivity index (χ2n) is 4.03. The maximum atomic E-state index is 2.32. The Kier molecular flexibility index (Phi) is 1.18. The van der Waals surface area contributed by atoms with Gasteiger partial charge in [0.1, 0.15) is 0 Å². The molecule has 0 bridgehead atoms. The summed E-state index contributed by atoms with van der Waals surface area (Å²) in [6.07, 6.45) is 0. The second kappa shape index (κ2) is 1.88. The zero-order chi connectivity index (χ0) is 8.06. The van der Waals surface area contributed by atoms with Crippen LogP contribution in [0.5, 0.6) is 0 Å². The Balaban J connectivity index is 2.56. The molecular weight excluding hydrogens is 132 g/mol. The maximum Gasteiger partial charge on any atom is -0.00346 e. The Morgan fingerprint density at radius 1 is 1.18 bits per heavy atom. The second-order valence-corrected chi connectivity index (χ2v) is 4.03. The summed E-state index contributed by atoms with van der Waals surface area (Å²) in [6.45, 7) is 6.95. The average molecular weight is 146 g/mol. The molecule has 0 fully saturated rings. The molecule has 0 saturated carbocycles.